The number of carbonyl (C=O) groups is 1. The molecule has 1 saturated carbocycles. The molecule has 0 radical (unpaired) electrons. The molecule has 2 N–H and O–H groups in total. The molecule has 0 spiro atoms. The molecule has 2 rings (SSSR count). The van der Waals surface area contributed by atoms with Gasteiger partial charge in [0.15, 0.2) is 0 Å². The molecule has 0 aliphatic heterocycles. The van der Waals surface area contributed by atoms with Crippen LogP contribution in [0.4, 0.5) is 5.69 Å². The fourth-order valence-corrected chi connectivity index (χ4v) is 2.90. The van der Waals surface area contributed by atoms with E-state index in [4.69, 9.17) is 0 Å². The smallest absolute Gasteiger partial charge is 0.255 e. The second-order valence-electron chi connectivity index (χ2n) is 5.82. The van der Waals surface area contributed by atoms with Gasteiger partial charge in [-0.1, -0.05) is 26.2 Å². The van der Waals surface area contributed by atoms with E-state index in [2.05, 4.69) is 22.5 Å². The minimum absolute atomic E-state index is 0.0133. The monoisotopic (exact) mass is 275 g/mol. The SMILES string of the molecule is CNc1cc(C)ncc1C(=O)NC1CCCCCC1C. The highest BCUT2D eigenvalue weighted by atomic mass is 16.1. The number of aromatic nitrogens is 1. The summed E-state index contributed by atoms with van der Waals surface area (Å²) in [4.78, 5) is 16.7. The average molecular weight is 275 g/mol. The van der Waals surface area contributed by atoms with Crippen LogP contribution < -0.4 is 10.6 Å². The maximum Gasteiger partial charge on any atom is 0.255 e. The van der Waals surface area contributed by atoms with Crippen LogP contribution in [0.1, 0.15) is 55.1 Å². The summed E-state index contributed by atoms with van der Waals surface area (Å²) in [6.45, 7) is 4.17. The molecule has 1 amide bonds. The standard InChI is InChI=1S/C16H25N3O/c1-11-7-5-4-6-8-14(11)19-16(20)13-10-18-12(2)9-15(13)17-3/h9-11,14H,4-8H2,1-3H3,(H,17,18)(H,19,20). The third-order valence-corrected chi connectivity index (χ3v) is 4.23. The Labute approximate surface area is 121 Å². The number of nitrogens with one attached hydrogen (secondary N) is 2. The fraction of sp³-hybridized carbons (Fsp3) is 0.625. The van der Waals surface area contributed by atoms with Crippen LogP contribution >= 0.6 is 0 Å². The zero-order valence-corrected chi connectivity index (χ0v) is 12.7. The van der Waals surface area contributed by atoms with Gasteiger partial charge in [0.25, 0.3) is 5.91 Å². The normalized spacial score (nSPS) is 22.9. The summed E-state index contributed by atoms with van der Waals surface area (Å²) in [6, 6.07) is 2.20. The Balaban J connectivity index is 2.11. The van der Waals surface area contributed by atoms with E-state index in [1.165, 1.54) is 25.7 Å². The Hall–Kier alpha value is -1.58. The summed E-state index contributed by atoms with van der Waals surface area (Å²) < 4.78 is 0. The van der Waals surface area contributed by atoms with Gasteiger partial charge >= 0.3 is 0 Å². The second-order valence-corrected chi connectivity index (χ2v) is 5.82. The lowest BCUT2D eigenvalue weighted by Crippen LogP contribution is -2.39. The zero-order valence-electron chi connectivity index (χ0n) is 12.7. The molecule has 1 fully saturated rings. The van der Waals surface area contributed by atoms with Gasteiger partial charge in [0.2, 0.25) is 0 Å². The average Bonchev–Trinajstić information content (AvgIpc) is 2.64. The van der Waals surface area contributed by atoms with Crippen LogP contribution in [0.25, 0.3) is 0 Å². The highest BCUT2D eigenvalue weighted by Crippen LogP contribution is 2.24. The lowest BCUT2D eigenvalue weighted by Gasteiger charge is -2.23. The second kappa shape index (κ2) is 6.73. The van der Waals surface area contributed by atoms with E-state index in [-0.39, 0.29) is 11.9 Å². The van der Waals surface area contributed by atoms with E-state index in [9.17, 15) is 4.79 Å². The predicted molar refractivity (Wildman–Crippen MR) is 82.0 cm³/mol. The molecule has 110 valence electrons. The van der Waals surface area contributed by atoms with Crippen molar-refractivity contribution in [3.05, 3.63) is 23.5 Å². The Morgan fingerprint density at radius 1 is 1.30 bits per heavy atom. The number of amides is 1. The summed E-state index contributed by atoms with van der Waals surface area (Å²) in [6.07, 6.45) is 7.72. The maximum atomic E-state index is 12.5. The van der Waals surface area contributed by atoms with Gasteiger partial charge in [0, 0.05) is 25.0 Å². The van der Waals surface area contributed by atoms with E-state index < -0.39 is 0 Å². The van der Waals surface area contributed by atoms with Crippen molar-refractivity contribution in [1.82, 2.24) is 10.3 Å². The number of pyridine rings is 1. The number of nitrogens with zero attached hydrogens (tertiary/aromatic N) is 1. The third-order valence-electron chi connectivity index (χ3n) is 4.23. The highest BCUT2D eigenvalue weighted by molar-refractivity contribution is 5.99. The van der Waals surface area contributed by atoms with Crippen LogP contribution in [0.15, 0.2) is 12.3 Å². The van der Waals surface area contributed by atoms with Crippen molar-refractivity contribution in [2.75, 3.05) is 12.4 Å². The van der Waals surface area contributed by atoms with Crippen molar-refractivity contribution in [3.8, 4) is 0 Å². The lowest BCUT2D eigenvalue weighted by atomic mass is 9.96. The quantitative estimate of drug-likeness (QED) is 0.833. The minimum Gasteiger partial charge on any atom is -0.387 e. The first-order valence-electron chi connectivity index (χ1n) is 7.57. The molecule has 0 bridgehead atoms. The van der Waals surface area contributed by atoms with Gasteiger partial charge in [0.1, 0.15) is 0 Å². The summed E-state index contributed by atoms with van der Waals surface area (Å²) >= 11 is 0. The van der Waals surface area contributed by atoms with Crippen molar-refractivity contribution in [1.29, 1.82) is 0 Å². The van der Waals surface area contributed by atoms with Crippen molar-refractivity contribution in [3.63, 3.8) is 0 Å². The molecular weight excluding hydrogens is 250 g/mol. The Bertz CT molecular complexity index is 473. The van der Waals surface area contributed by atoms with Crippen LogP contribution in [0.3, 0.4) is 0 Å². The topological polar surface area (TPSA) is 54.0 Å². The number of rotatable bonds is 3. The number of carbonyl (C=O) groups excluding carboxylic acids is 1. The van der Waals surface area contributed by atoms with E-state index in [0.717, 1.165) is 17.8 Å². The Kier molecular flexibility index (Phi) is 4.99. The predicted octanol–water partition coefficient (Wildman–Crippen LogP) is 3.13. The summed E-state index contributed by atoms with van der Waals surface area (Å²) in [5.41, 5.74) is 2.39. The molecule has 2 unspecified atom stereocenters. The van der Waals surface area contributed by atoms with Gasteiger partial charge in [-0.05, 0) is 31.7 Å². The van der Waals surface area contributed by atoms with E-state index >= 15 is 0 Å². The van der Waals surface area contributed by atoms with Gasteiger partial charge < -0.3 is 10.6 Å². The van der Waals surface area contributed by atoms with Gasteiger partial charge in [-0.15, -0.1) is 0 Å². The Morgan fingerprint density at radius 2 is 2.05 bits per heavy atom. The highest BCUT2D eigenvalue weighted by Gasteiger charge is 2.23. The van der Waals surface area contributed by atoms with Gasteiger partial charge in [-0.2, -0.15) is 0 Å². The first kappa shape index (κ1) is 14.8. The van der Waals surface area contributed by atoms with E-state index in [1.54, 1.807) is 6.20 Å². The van der Waals surface area contributed by atoms with Crippen molar-refractivity contribution >= 4 is 11.6 Å². The van der Waals surface area contributed by atoms with Crippen LogP contribution in [0.5, 0.6) is 0 Å². The number of hydrogen-bond donors (Lipinski definition) is 2. The van der Waals surface area contributed by atoms with Crippen LogP contribution in [-0.4, -0.2) is 24.0 Å². The molecule has 1 aliphatic carbocycles. The van der Waals surface area contributed by atoms with E-state index in [1.807, 2.05) is 20.0 Å². The minimum atomic E-state index is -0.0133. The molecule has 1 heterocycles. The van der Waals surface area contributed by atoms with Gasteiger partial charge in [-0.3, -0.25) is 9.78 Å². The molecule has 2 atom stereocenters. The Morgan fingerprint density at radius 3 is 2.80 bits per heavy atom. The molecule has 4 nitrogen and oxygen atoms in total. The molecule has 1 aliphatic rings. The maximum absolute atomic E-state index is 12.5. The van der Waals surface area contributed by atoms with Gasteiger partial charge in [0.05, 0.1) is 11.3 Å². The van der Waals surface area contributed by atoms with E-state index in [0.29, 0.717) is 11.5 Å². The fourth-order valence-electron chi connectivity index (χ4n) is 2.90. The number of aryl methyl sites for hydroxylation is 1. The van der Waals surface area contributed by atoms with Crippen molar-refractivity contribution in [2.45, 2.75) is 52.0 Å². The first-order valence-corrected chi connectivity index (χ1v) is 7.57. The summed E-state index contributed by atoms with van der Waals surface area (Å²) in [5, 5.41) is 6.28. The molecule has 4 heteroatoms. The summed E-state index contributed by atoms with van der Waals surface area (Å²) in [7, 11) is 1.83. The third kappa shape index (κ3) is 3.50. The number of anilines is 1. The van der Waals surface area contributed by atoms with Crippen LogP contribution in [0, 0.1) is 12.8 Å². The zero-order chi connectivity index (χ0) is 14.5. The van der Waals surface area contributed by atoms with Crippen molar-refractivity contribution in [2.24, 2.45) is 5.92 Å². The largest absolute Gasteiger partial charge is 0.387 e. The molecular formula is C16H25N3O. The molecule has 20 heavy (non-hydrogen) atoms. The molecule has 1 aromatic rings. The molecule has 0 aromatic carbocycles. The van der Waals surface area contributed by atoms with Crippen LogP contribution in [0.2, 0.25) is 0 Å². The lowest BCUT2D eigenvalue weighted by molar-refractivity contribution is 0.0922. The number of hydrogen-bond acceptors (Lipinski definition) is 3. The molecule has 0 saturated heterocycles. The van der Waals surface area contributed by atoms with Crippen LogP contribution in [-0.2, 0) is 0 Å². The molecule has 1 aromatic heterocycles. The first-order chi connectivity index (χ1) is 9.61. The van der Waals surface area contributed by atoms with Gasteiger partial charge in [-0.25, -0.2) is 0 Å². The van der Waals surface area contributed by atoms with Crippen molar-refractivity contribution < 1.29 is 4.79 Å². The summed E-state index contributed by atoms with van der Waals surface area (Å²) in [5.74, 6) is 0.540.